The number of hydrogen-bond donors (Lipinski definition) is 1. The molecule has 0 saturated heterocycles. The Kier molecular flexibility index (Phi) is 3.13. The second-order valence-electron chi connectivity index (χ2n) is 4.05. The molecule has 1 N–H and O–H groups in total. The molecule has 19 heavy (non-hydrogen) atoms. The van der Waals surface area contributed by atoms with Crippen LogP contribution >= 0.6 is 15.9 Å². The second-order valence-corrected chi connectivity index (χ2v) is 4.97. The second kappa shape index (κ2) is 4.93. The molecule has 0 aliphatic carbocycles. The van der Waals surface area contributed by atoms with Crippen LogP contribution in [0.25, 0.3) is 11.0 Å². The Morgan fingerprint density at radius 3 is 2.95 bits per heavy atom. The number of carbonyl (C=O) groups excluding carboxylic acids is 1. The van der Waals surface area contributed by atoms with Gasteiger partial charge in [0.1, 0.15) is 11.3 Å². The van der Waals surface area contributed by atoms with Crippen molar-refractivity contribution in [2.75, 3.05) is 0 Å². The van der Waals surface area contributed by atoms with Gasteiger partial charge in [-0.2, -0.15) is 0 Å². The van der Waals surface area contributed by atoms with Crippen LogP contribution in [0.4, 0.5) is 0 Å². The van der Waals surface area contributed by atoms with Crippen LogP contribution in [-0.4, -0.2) is 5.91 Å². The lowest BCUT2D eigenvalue weighted by Crippen LogP contribution is -2.21. The number of nitrogens with one attached hydrogen (secondary N) is 1. The first-order valence-corrected chi connectivity index (χ1v) is 6.51. The zero-order valence-corrected chi connectivity index (χ0v) is 11.4. The van der Waals surface area contributed by atoms with Crippen LogP contribution in [0.1, 0.15) is 16.3 Å². The first-order valence-electron chi connectivity index (χ1n) is 5.72. The van der Waals surface area contributed by atoms with Gasteiger partial charge >= 0.3 is 0 Å². The van der Waals surface area contributed by atoms with E-state index < -0.39 is 0 Å². The van der Waals surface area contributed by atoms with Crippen molar-refractivity contribution >= 4 is 32.8 Å². The number of halogens is 1. The van der Waals surface area contributed by atoms with Gasteiger partial charge in [-0.05, 0) is 36.4 Å². The van der Waals surface area contributed by atoms with Crippen molar-refractivity contribution in [3.63, 3.8) is 0 Å². The van der Waals surface area contributed by atoms with Crippen LogP contribution in [-0.2, 0) is 6.54 Å². The highest BCUT2D eigenvalue weighted by Gasteiger charge is 2.12. The zero-order valence-electron chi connectivity index (χ0n) is 9.85. The van der Waals surface area contributed by atoms with E-state index in [1.165, 1.54) is 0 Å². The topological polar surface area (TPSA) is 55.4 Å². The molecule has 2 heterocycles. The molecule has 0 spiro atoms. The number of furan rings is 2. The highest BCUT2D eigenvalue weighted by molar-refractivity contribution is 9.10. The summed E-state index contributed by atoms with van der Waals surface area (Å²) in [5.74, 6) is 0.732. The van der Waals surface area contributed by atoms with Crippen LogP contribution < -0.4 is 5.32 Å². The van der Waals surface area contributed by atoms with Crippen molar-refractivity contribution in [2.24, 2.45) is 0 Å². The third-order valence-electron chi connectivity index (χ3n) is 2.71. The summed E-state index contributed by atoms with van der Waals surface area (Å²) < 4.78 is 11.6. The molecule has 0 unspecified atom stereocenters. The Bertz CT molecular complexity index is 715. The summed E-state index contributed by atoms with van der Waals surface area (Å²) in [5.41, 5.74) is 0.678. The van der Waals surface area contributed by atoms with Crippen LogP contribution in [0.5, 0.6) is 0 Å². The van der Waals surface area contributed by atoms with Gasteiger partial charge in [0, 0.05) is 9.86 Å². The summed E-state index contributed by atoms with van der Waals surface area (Å²) in [4.78, 5) is 11.9. The van der Waals surface area contributed by atoms with Crippen molar-refractivity contribution in [1.29, 1.82) is 0 Å². The van der Waals surface area contributed by atoms with Crippen LogP contribution in [0.2, 0.25) is 0 Å². The van der Waals surface area contributed by atoms with E-state index in [-0.39, 0.29) is 5.91 Å². The average Bonchev–Trinajstić information content (AvgIpc) is 3.04. The number of amides is 1. The summed E-state index contributed by atoms with van der Waals surface area (Å²) in [5, 5.41) is 3.63. The predicted octanol–water partition coefficient (Wildman–Crippen LogP) is 3.72. The summed E-state index contributed by atoms with van der Waals surface area (Å²) in [6, 6.07) is 10.9. The number of benzene rings is 1. The van der Waals surface area contributed by atoms with E-state index in [2.05, 4.69) is 21.2 Å². The van der Waals surface area contributed by atoms with Crippen molar-refractivity contribution in [3.05, 3.63) is 58.7 Å². The minimum atomic E-state index is -0.260. The molecule has 0 aliphatic heterocycles. The van der Waals surface area contributed by atoms with Gasteiger partial charge < -0.3 is 14.2 Å². The van der Waals surface area contributed by atoms with Gasteiger partial charge in [-0.15, -0.1) is 0 Å². The lowest BCUT2D eigenvalue weighted by Gasteiger charge is -1.99. The molecule has 3 aromatic rings. The van der Waals surface area contributed by atoms with E-state index in [0.29, 0.717) is 23.6 Å². The van der Waals surface area contributed by atoms with Gasteiger partial charge in [-0.1, -0.05) is 15.9 Å². The molecule has 0 aliphatic rings. The van der Waals surface area contributed by atoms with Gasteiger partial charge in [0.2, 0.25) is 0 Å². The Morgan fingerprint density at radius 2 is 2.16 bits per heavy atom. The molecule has 1 amide bonds. The van der Waals surface area contributed by atoms with Crippen LogP contribution in [0.15, 0.2) is 56.0 Å². The Balaban J connectivity index is 1.77. The average molecular weight is 320 g/mol. The zero-order chi connectivity index (χ0) is 13.2. The number of hydrogen-bond acceptors (Lipinski definition) is 3. The van der Waals surface area contributed by atoms with Gasteiger partial charge in [0.25, 0.3) is 5.91 Å². The Morgan fingerprint density at radius 1 is 1.26 bits per heavy atom. The fourth-order valence-electron chi connectivity index (χ4n) is 1.78. The minimum Gasteiger partial charge on any atom is -0.467 e. The Hall–Kier alpha value is -2.01. The highest BCUT2D eigenvalue weighted by atomic mass is 79.9. The monoisotopic (exact) mass is 319 g/mol. The van der Waals surface area contributed by atoms with Crippen LogP contribution in [0, 0.1) is 0 Å². The lowest BCUT2D eigenvalue weighted by atomic mass is 10.2. The van der Waals surface area contributed by atoms with Gasteiger partial charge in [0.05, 0.1) is 12.8 Å². The van der Waals surface area contributed by atoms with E-state index in [1.54, 1.807) is 24.5 Å². The first kappa shape index (κ1) is 12.0. The van der Waals surface area contributed by atoms with Gasteiger partial charge in [-0.25, -0.2) is 0 Å². The predicted molar refractivity (Wildman–Crippen MR) is 73.8 cm³/mol. The standard InChI is InChI=1S/C14H10BrNO3/c15-10-4-3-9-6-13(19-12(9)7-10)14(17)16-8-11-2-1-5-18-11/h1-7H,8H2,(H,16,17). The maximum atomic E-state index is 11.9. The van der Waals surface area contributed by atoms with Crippen molar-refractivity contribution < 1.29 is 13.6 Å². The maximum absolute atomic E-state index is 11.9. The normalized spacial score (nSPS) is 10.8. The highest BCUT2D eigenvalue weighted by Crippen LogP contribution is 2.23. The number of carbonyl (C=O) groups is 1. The van der Waals surface area contributed by atoms with E-state index >= 15 is 0 Å². The van der Waals surface area contributed by atoms with Crippen molar-refractivity contribution in [1.82, 2.24) is 5.32 Å². The van der Waals surface area contributed by atoms with Gasteiger partial charge in [-0.3, -0.25) is 4.79 Å². The molecule has 1 aromatic carbocycles. The number of fused-ring (bicyclic) bond motifs is 1. The first-order chi connectivity index (χ1) is 9.22. The fraction of sp³-hybridized carbons (Fsp3) is 0.0714. The molecule has 0 saturated carbocycles. The van der Waals surface area contributed by atoms with E-state index in [1.807, 2.05) is 18.2 Å². The van der Waals surface area contributed by atoms with E-state index in [0.717, 1.165) is 9.86 Å². The molecule has 4 nitrogen and oxygen atoms in total. The lowest BCUT2D eigenvalue weighted by molar-refractivity contribution is 0.0922. The van der Waals surface area contributed by atoms with E-state index in [4.69, 9.17) is 8.83 Å². The summed E-state index contributed by atoms with van der Waals surface area (Å²) in [7, 11) is 0. The quantitative estimate of drug-likeness (QED) is 0.800. The smallest absolute Gasteiger partial charge is 0.287 e. The molecular weight excluding hydrogens is 310 g/mol. The molecule has 0 radical (unpaired) electrons. The van der Waals surface area contributed by atoms with Crippen molar-refractivity contribution in [3.8, 4) is 0 Å². The maximum Gasteiger partial charge on any atom is 0.287 e. The minimum absolute atomic E-state index is 0.260. The SMILES string of the molecule is O=C(NCc1ccco1)c1cc2ccc(Br)cc2o1. The summed E-state index contributed by atoms with van der Waals surface area (Å²) >= 11 is 3.36. The molecular formula is C14H10BrNO3. The van der Waals surface area contributed by atoms with Crippen LogP contribution in [0.3, 0.4) is 0 Å². The number of rotatable bonds is 3. The molecule has 0 fully saturated rings. The van der Waals surface area contributed by atoms with Crippen molar-refractivity contribution in [2.45, 2.75) is 6.54 Å². The third kappa shape index (κ3) is 2.56. The molecule has 0 bridgehead atoms. The largest absolute Gasteiger partial charge is 0.467 e. The summed E-state index contributed by atoms with van der Waals surface area (Å²) in [6.07, 6.45) is 1.57. The molecule has 3 rings (SSSR count). The molecule has 0 atom stereocenters. The molecule has 96 valence electrons. The van der Waals surface area contributed by atoms with E-state index in [9.17, 15) is 4.79 Å². The fourth-order valence-corrected chi connectivity index (χ4v) is 2.12. The third-order valence-corrected chi connectivity index (χ3v) is 3.20. The Labute approximate surface area is 117 Å². The molecule has 5 heteroatoms. The molecule has 2 aromatic heterocycles. The van der Waals surface area contributed by atoms with Gasteiger partial charge in [0.15, 0.2) is 5.76 Å². The summed E-state index contributed by atoms with van der Waals surface area (Å²) in [6.45, 7) is 0.340.